The standard InChI is InChI=1S/C26H27N3O3S2/c1-4-17-8-5-6-10-21(17)28-26(33)29(16-20-9-7-11-34-20)15-19-12-18-13-23(31-2)24(32-3)14-22(18)27-25(19)30/h5-14H,4,15-16H2,1-3H3,(H,27,30)(H,28,33). The zero-order valence-electron chi connectivity index (χ0n) is 19.4. The lowest BCUT2D eigenvalue weighted by Gasteiger charge is -2.26. The molecule has 34 heavy (non-hydrogen) atoms. The van der Waals surface area contributed by atoms with E-state index in [2.05, 4.69) is 29.4 Å². The van der Waals surface area contributed by atoms with E-state index in [1.807, 2.05) is 46.7 Å². The Kier molecular flexibility index (Phi) is 7.49. The highest BCUT2D eigenvalue weighted by Gasteiger charge is 2.17. The minimum absolute atomic E-state index is 0.160. The van der Waals surface area contributed by atoms with Gasteiger partial charge in [-0.1, -0.05) is 31.2 Å². The van der Waals surface area contributed by atoms with Crippen molar-refractivity contribution in [3.8, 4) is 11.5 Å². The SMILES string of the molecule is CCc1ccccc1NC(=S)N(Cc1cccs1)Cc1cc2cc(OC)c(OC)cc2[nH]c1=O. The topological polar surface area (TPSA) is 66.6 Å². The number of rotatable bonds is 8. The van der Waals surface area contributed by atoms with E-state index in [4.69, 9.17) is 21.7 Å². The molecule has 0 bridgehead atoms. The van der Waals surface area contributed by atoms with Crippen molar-refractivity contribution < 1.29 is 9.47 Å². The molecule has 4 rings (SSSR count). The molecule has 0 aliphatic heterocycles. The molecule has 0 amide bonds. The average molecular weight is 494 g/mol. The number of para-hydroxylation sites is 1. The number of thiophene rings is 1. The number of hydrogen-bond acceptors (Lipinski definition) is 5. The van der Waals surface area contributed by atoms with E-state index in [-0.39, 0.29) is 5.56 Å². The zero-order valence-corrected chi connectivity index (χ0v) is 21.0. The summed E-state index contributed by atoms with van der Waals surface area (Å²) < 4.78 is 10.8. The van der Waals surface area contributed by atoms with Crippen molar-refractivity contribution in [2.45, 2.75) is 26.4 Å². The summed E-state index contributed by atoms with van der Waals surface area (Å²) in [6.07, 6.45) is 0.895. The Labute approximate surface area is 208 Å². The van der Waals surface area contributed by atoms with Gasteiger partial charge in [-0.05, 0) is 53.8 Å². The molecular formula is C26H27N3O3S2. The van der Waals surface area contributed by atoms with E-state index >= 15 is 0 Å². The fraction of sp³-hybridized carbons (Fsp3) is 0.231. The third kappa shape index (κ3) is 5.24. The van der Waals surface area contributed by atoms with Crippen molar-refractivity contribution in [2.24, 2.45) is 0 Å². The van der Waals surface area contributed by atoms with E-state index in [1.54, 1.807) is 31.6 Å². The second-order valence-corrected chi connectivity index (χ2v) is 9.21. The third-order valence-electron chi connectivity index (χ3n) is 5.64. The van der Waals surface area contributed by atoms with Crippen LogP contribution in [0, 0.1) is 0 Å². The number of nitrogens with one attached hydrogen (secondary N) is 2. The van der Waals surface area contributed by atoms with Crippen LogP contribution in [-0.4, -0.2) is 29.2 Å². The van der Waals surface area contributed by atoms with Crippen LogP contribution in [0.3, 0.4) is 0 Å². The molecule has 0 aliphatic rings. The van der Waals surface area contributed by atoms with Gasteiger partial charge in [0.05, 0.1) is 32.8 Å². The quantitative estimate of drug-likeness (QED) is 0.313. The molecule has 0 unspecified atom stereocenters. The predicted octanol–water partition coefficient (Wildman–Crippen LogP) is 5.57. The number of thiocarbonyl (C=S) groups is 1. The molecule has 4 aromatic rings. The highest BCUT2D eigenvalue weighted by atomic mass is 32.1. The number of aromatic nitrogens is 1. The number of fused-ring (bicyclic) bond motifs is 1. The summed E-state index contributed by atoms with van der Waals surface area (Å²) >= 11 is 7.48. The number of methoxy groups -OCH3 is 2. The van der Waals surface area contributed by atoms with Gasteiger partial charge in [-0.2, -0.15) is 0 Å². The normalized spacial score (nSPS) is 10.8. The first kappa shape index (κ1) is 23.8. The van der Waals surface area contributed by atoms with Gasteiger partial charge in [-0.15, -0.1) is 11.3 Å². The molecule has 6 nitrogen and oxygen atoms in total. The van der Waals surface area contributed by atoms with Crippen LogP contribution in [0.4, 0.5) is 5.69 Å². The summed E-state index contributed by atoms with van der Waals surface area (Å²) in [7, 11) is 3.17. The Morgan fingerprint density at radius 2 is 1.79 bits per heavy atom. The van der Waals surface area contributed by atoms with Crippen LogP contribution in [0.25, 0.3) is 10.9 Å². The van der Waals surface area contributed by atoms with Crippen molar-refractivity contribution in [2.75, 3.05) is 19.5 Å². The summed E-state index contributed by atoms with van der Waals surface area (Å²) in [5, 5.41) is 6.87. The number of H-pyrrole nitrogens is 1. The minimum atomic E-state index is -0.160. The molecule has 0 radical (unpaired) electrons. The van der Waals surface area contributed by atoms with Crippen molar-refractivity contribution >= 4 is 45.3 Å². The van der Waals surface area contributed by atoms with Crippen LogP contribution < -0.4 is 20.3 Å². The fourth-order valence-electron chi connectivity index (χ4n) is 3.84. The lowest BCUT2D eigenvalue weighted by atomic mass is 10.1. The van der Waals surface area contributed by atoms with Crippen molar-refractivity contribution in [3.05, 3.63) is 86.3 Å². The van der Waals surface area contributed by atoms with Gasteiger partial charge in [-0.3, -0.25) is 4.79 Å². The second kappa shape index (κ2) is 10.7. The molecule has 0 fully saturated rings. The van der Waals surface area contributed by atoms with Crippen LogP contribution >= 0.6 is 23.6 Å². The van der Waals surface area contributed by atoms with Crippen LogP contribution in [-0.2, 0) is 19.5 Å². The molecule has 0 atom stereocenters. The van der Waals surface area contributed by atoms with Gasteiger partial charge in [0.2, 0.25) is 0 Å². The number of benzene rings is 2. The number of aromatic amines is 1. The number of ether oxygens (including phenoxy) is 2. The summed E-state index contributed by atoms with van der Waals surface area (Å²) in [6.45, 7) is 3.07. The van der Waals surface area contributed by atoms with E-state index in [0.717, 1.165) is 22.4 Å². The maximum Gasteiger partial charge on any atom is 0.253 e. The smallest absolute Gasteiger partial charge is 0.253 e. The van der Waals surface area contributed by atoms with Gasteiger partial charge < -0.3 is 24.7 Å². The lowest BCUT2D eigenvalue weighted by molar-refractivity contribution is 0.355. The molecule has 8 heteroatoms. The maximum absolute atomic E-state index is 13.0. The molecule has 2 aromatic heterocycles. The monoisotopic (exact) mass is 493 g/mol. The number of hydrogen-bond donors (Lipinski definition) is 2. The Balaban J connectivity index is 1.67. The van der Waals surface area contributed by atoms with Crippen LogP contribution in [0.2, 0.25) is 0 Å². The summed E-state index contributed by atoms with van der Waals surface area (Å²) in [6, 6.07) is 17.7. The number of nitrogens with zero attached hydrogens (tertiary/aromatic N) is 1. The molecule has 0 spiro atoms. The Hall–Kier alpha value is -3.36. The van der Waals surface area contributed by atoms with Gasteiger partial charge in [0.1, 0.15) is 0 Å². The van der Waals surface area contributed by atoms with Crippen LogP contribution in [0.15, 0.2) is 64.8 Å². The van der Waals surface area contributed by atoms with Gasteiger partial charge in [0.25, 0.3) is 5.56 Å². The number of pyridine rings is 1. The molecule has 0 saturated carbocycles. The molecule has 0 saturated heterocycles. The minimum Gasteiger partial charge on any atom is -0.493 e. The predicted molar refractivity (Wildman–Crippen MR) is 143 cm³/mol. The van der Waals surface area contributed by atoms with Gasteiger partial charge in [0, 0.05) is 27.6 Å². The largest absolute Gasteiger partial charge is 0.493 e. The van der Waals surface area contributed by atoms with Gasteiger partial charge in [-0.25, -0.2) is 0 Å². The van der Waals surface area contributed by atoms with Crippen LogP contribution in [0.5, 0.6) is 11.5 Å². The first-order chi connectivity index (χ1) is 16.5. The van der Waals surface area contributed by atoms with E-state index in [0.29, 0.717) is 40.8 Å². The highest BCUT2D eigenvalue weighted by Crippen LogP contribution is 2.31. The number of aryl methyl sites for hydroxylation is 1. The van der Waals surface area contributed by atoms with E-state index in [9.17, 15) is 4.79 Å². The van der Waals surface area contributed by atoms with Crippen molar-refractivity contribution in [1.29, 1.82) is 0 Å². The maximum atomic E-state index is 13.0. The molecule has 2 N–H and O–H groups in total. The highest BCUT2D eigenvalue weighted by molar-refractivity contribution is 7.80. The molecule has 2 heterocycles. The van der Waals surface area contributed by atoms with Crippen molar-refractivity contribution in [3.63, 3.8) is 0 Å². The van der Waals surface area contributed by atoms with E-state index < -0.39 is 0 Å². The lowest BCUT2D eigenvalue weighted by Crippen LogP contribution is -2.35. The van der Waals surface area contributed by atoms with Gasteiger partial charge in [0.15, 0.2) is 16.6 Å². The Morgan fingerprint density at radius 1 is 1.03 bits per heavy atom. The third-order valence-corrected chi connectivity index (χ3v) is 6.86. The Morgan fingerprint density at radius 3 is 2.50 bits per heavy atom. The number of anilines is 1. The van der Waals surface area contributed by atoms with Crippen LogP contribution in [0.1, 0.15) is 22.9 Å². The van der Waals surface area contributed by atoms with Crippen molar-refractivity contribution in [1.82, 2.24) is 9.88 Å². The summed E-state index contributed by atoms with van der Waals surface area (Å²) in [5.41, 5.74) is 3.31. The fourth-order valence-corrected chi connectivity index (χ4v) is 4.79. The molecule has 0 aliphatic carbocycles. The Bertz CT molecular complexity index is 1350. The summed E-state index contributed by atoms with van der Waals surface area (Å²) in [5.74, 6) is 1.18. The second-order valence-electron chi connectivity index (χ2n) is 7.79. The molecule has 2 aromatic carbocycles. The molecular weight excluding hydrogens is 466 g/mol. The summed E-state index contributed by atoms with van der Waals surface area (Å²) in [4.78, 5) is 19.1. The zero-order chi connectivity index (χ0) is 24.1. The first-order valence-electron chi connectivity index (χ1n) is 11.0. The van der Waals surface area contributed by atoms with Gasteiger partial charge >= 0.3 is 0 Å². The first-order valence-corrected chi connectivity index (χ1v) is 12.2. The molecule has 176 valence electrons. The van der Waals surface area contributed by atoms with E-state index in [1.165, 1.54) is 5.56 Å². The average Bonchev–Trinajstić information content (AvgIpc) is 3.36.